The van der Waals surface area contributed by atoms with Crippen molar-refractivity contribution in [3.63, 3.8) is 0 Å². The van der Waals surface area contributed by atoms with Crippen molar-refractivity contribution >= 4 is 65.9 Å². The van der Waals surface area contributed by atoms with E-state index in [4.69, 9.17) is 4.98 Å². The molecule has 9 aromatic carbocycles. The summed E-state index contributed by atoms with van der Waals surface area (Å²) < 4.78 is 2.31. The van der Waals surface area contributed by atoms with Crippen molar-refractivity contribution in [2.45, 2.75) is 0 Å². The van der Waals surface area contributed by atoms with Crippen molar-refractivity contribution in [2.24, 2.45) is 0 Å². The summed E-state index contributed by atoms with van der Waals surface area (Å²) in [5, 5.41) is 4.45. The molecule has 1 aromatic heterocycles. The van der Waals surface area contributed by atoms with Crippen molar-refractivity contribution in [3.05, 3.63) is 241 Å². The van der Waals surface area contributed by atoms with Gasteiger partial charge in [0.2, 0.25) is 0 Å². The zero-order valence-corrected chi connectivity index (χ0v) is 35.1. The molecule has 0 fully saturated rings. The van der Waals surface area contributed by atoms with E-state index < -0.39 is 0 Å². The van der Waals surface area contributed by atoms with E-state index in [-0.39, 0.29) is 0 Å². The number of nitrogens with zero attached hydrogens (tertiary/aromatic N) is 2. The molecule has 3 nitrogen and oxygen atoms in total. The first kappa shape index (κ1) is 38.5. The molecule has 0 saturated carbocycles. The van der Waals surface area contributed by atoms with Crippen LogP contribution in [0.25, 0.3) is 54.2 Å². The van der Waals surface area contributed by atoms with Crippen LogP contribution < -0.4 is 10.2 Å². The molecule has 60 heavy (non-hydrogen) atoms. The zero-order valence-electron chi connectivity index (χ0n) is 32.7. The summed E-state index contributed by atoms with van der Waals surface area (Å²) in [6.07, 6.45) is 0. The minimum atomic E-state index is 1.06. The van der Waals surface area contributed by atoms with E-state index in [1.54, 1.807) is 11.3 Å². The molecule has 10 aromatic rings. The van der Waals surface area contributed by atoms with Crippen LogP contribution in [0.3, 0.4) is 0 Å². The summed E-state index contributed by atoms with van der Waals surface area (Å²) in [7, 11) is 0. The van der Waals surface area contributed by atoms with Crippen LogP contribution in [0.1, 0.15) is 0 Å². The van der Waals surface area contributed by atoms with Gasteiger partial charge in [0.15, 0.2) is 0 Å². The van der Waals surface area contributed by atoms with Crippen LogP contribution in [0.5, 0.6) is 0 Å². The van der Waals surface area contributed by atoms with Crippen LogP contribution >= 0.6 is 27.3 Å². The molecular weight excluding hydrogens is 815 g/mol. The topological polar surface area (TPSA) is 28.2 Å². The molecule has 0 unspecified atom stereocenters. The van der Waals surface area contributed by atoms with E-state index in [0.29, 0.717) is 0 Å². The number of fused-ring (bicyclic) bond motifs is 1. The third kappa shape index (κ3) is 9.14. The summed E-state index contributed by atoms with van der Waals surface area (Å²) in [6.45, 7) is 0. The minimum Gasteiger partial charge on any atom is -0.356 e. The molecule has 0 aliphatic rings. The van der Waals surface area contributed by atoms with Crippen LogP contribution in [0.4, 0.5) is 28.4 Å². The summed E-state index contributed by atoms with van der Waals surface area (Å²) >= 11 is 5.26. The largest absolute Gasteiger partial charge is 0.356 e. The SMILES string of the molecule is Brc1ccc(-c2ccc(N(c3ccc(-c4ccccc4)cc3)c3ccc(-c4ccccc4)cc3)cc2)cc1.c1ccc(Nc2ccc(-c3nc4ccccc4s3)cc2)cc1. The normalized spacial score (nSPS) is 10.8. The maximum absolute atomic E-state index is 4.69. The molecule has 1 heterocycles. The Bertz CT molecular complexity index is 2780. The second kappa shape index (κ2) is 18.3. The molecule has 0 amide bonds. The molecule has 0 bridgehead atoms. The van der Waals surface area contributed by atoms with Crippen LogP contribution in [0.2, 0.25) is 0 Å². The van der Waals surface area contributed by atoms with E-state index in [2.05, 4.69) is 238 Å². The molecule has 0 atom stereocenters. The lowest BCUT2D eigenvalue weighted by molar-refractivity contribution is 1.28. The first-order valence-corrected chi connectivity index (χ1v) is 21.5. The van der Waals surface area contributed by atoms with Gasteiger partial charge in [0.1, 0.15) is 5.01 Å². The first-order valence-electron chi connectivity index (χ1n) is 19.9. The van der Waals surface area contributed by atoms with Gasteiger partial charge in [0, 0.05) is 38.5 Å². The Morgan fingerprint density at radius 1 is 0.350 bits per heavy atom. The van der Waals surface area contributed by atoms with E-state index >= 15 is 0 Å². The number of hydrogen-bond donors (Lipinski definition) is 1. The number of para-hydroxylation sites is 2. The van der Waals surface area contributed by atoms with Crippen LogP contribution in [0.15, 0.2) is 241 Å². The fourth-order valence-electron chi connectivity index (χ4n) is 7.14. The van der Waals surface area contributed by atoms with Crippen molar-refractivity contribution < 1.29 is 0 Å². The van der Waals surface area contributed by atoms with Crippen molar-refractivity contribution in [1.82, 2.24) is 4.98 Å². The third-order valence-corrected chi connectivity index (χ3v) is 11.9. The predicted octanol–water partition coefficient (Wildman–Crippen LogP) is 16.6. The summed E-state index contributed by atoms with van der Waals surface area (Å²) in [4.78, 5) is 7.01. The van der Waals surface area contributed by atoms with Gasteiger partial charge < -0.3 is 10.2 Å². The Kier molecular flexibility index (Phi) is 11.7. The van der Waals surface area contributed by atoms with Gasteiger partial charge in [-0.2, -0.15) is 0 Å². The van der Waals surface area contributed by atoms with Crippen LogP contribution in [-0.4, -0.2) is 4.98 Å². The molecule has 0 radical (unpaired) electrons. The molecule has 10 rings (SSSR count). The average Bonchev–Trinajstić information content (AvgIpc) is 3.76. The van der Waals surface area contributed by atoms with Crippen molar-refractivity contribution in [1.29, 1.82) is 0 Å². The highest BCUT2D eigenvalue weighted by atomic mass is 79.9. The second-order valence-corrected chi connectivity index (χ2v) is 16.2. The Labute approximate surface area is 364 Å². The minimum absolute atomic E-state index is 1.06. The van der Waals surface area contributed by atoms with Crippen molar-refractivity contribution in [3.8, 4) is 44.0 Å². The zero-order chi connectivity index (χ0) is 40.5. The lowest BCUT2D eigenvalue weighted by atomic mass is 10.0. The lowest BCUT2D eigenvalue weighted by Crippen LogP contribution is -2.09. The van der Waals surface area contributed by atoms with Crippen LogP contribution in [-0.2, 0) is 0 Å². The van der Waals surface area contributed by atoms with E-state index in [0.717, 1.165) is 49.0 Å². The molecule has 5 heteroatoms. The quantitative estimate of drug-likeness (QED) is 0.157. The fourth-order valence-corrected chi connectivity index (χ4v) is 8.38. The molecule has 0 aliphatic carbocycles. The molecule has 288 valence electrons. The molecule has 0 aliphatic heterocycles. The highest BCUT2D eigenvalue weighted by Crippen LogP contribution is 2.38. The number of aromatic nitrogens is 1. The summed E-state index contributed by atoms with van der Waals surface area (Å²) in [6, 6.07) is 82.7. The van der Waals surface area contributed by atoms with Gasteiger partial charge in [0.25, 0.3) is 0 Å². The van der Waals surface area contributed by atoms with E-state index in [9.17, 15) is 0 Å². The maximum atomic E-state index is 4.69. The first-order chi connectivity index (χ1) is 29.6. The molecule has 0 saturated heterocycles. The van der Waals surface area contributed by atoms with Gasteiger partial charge in [-0.25, -0.2) is 4.98 Å². The number of nitrogens with one attached hydrogen (secondary N) is 1. The van der Waals surface area contributed by atoms with E-state index in [1.807, 2.05) is 24.3 Å². The number of benzene rings is 9. The summed E-state index contributed by atoms with van der Waals surface area (Å²) in [5.74, 6) is 0. The molecule has 0 spiro atoms. The van der Waals surface area contributed by atoms with Gasteiger partial charge in [-0.05, 0) is 130 Å². The second-order valence-electron chi connectivity index (χ2n) is 14.3. The fraction of sp³-hybridized carbons (Fsp3) is 0. The number of hydrogen-bond acceptors (Lipinski definition) is 4. The Hall–Kier alpha value is -7.05. The van der Waals surface area contributed by atoms with Gasteiger partial charge >= 0.3 is 0 Å². The monoisotopic (exact) mass is 853 g/mol. The number of thiazole rings is 1. The molecular formula is C55H40BrN3S. The predicted molar refractivity (Wildman–Crippen MR) is 260 cm³/mol. The average molecular weight is 855 g/mol. The van der Waals surface area contributed by atoms with Gasteiger partial charge in [0.05, 0.1) is 10.2 Å². The summed E-state index contributed by atoms with van der Waals surface area (Å²) in [5.41, 5.74) is 15.0. The maximum Gasteiger partial charge on any atom is 0.124 e. The van der Waals surface area contributed by atoms with Gasteiger partial charge in [-0.3, -0.25) is 0 Å². The van der Waals surface area contributed by atoms with Crippen LogP contribution in [0, 0.1) is 0 Å². The number of rotatable bonds is 9. The van der Waals surface area contributed by atoms with E-state index in [1.165, 1.54) is 38.1 Å². The number of halogens is 1. The highest BCUT2D eigenvalue weighted by molar-refractivity contribution is 9.10. The highest BCUT2D eigenvalue weighted by Gasteiger charge is 2.14. The Morgan fingerprint density at radius 2 is 0.717 bits per heavy atom. The van der Waals surface area contributed by atoms with Gasteiger partial charge in [-0.1, -0.05) is 155 Å². The molecule has 1 N–H and O–H groups in total. The standard InChI is InChI=1S/C36H26BrN.C19H14N2S/c37-33-19-11-29(12-20-33)32-17-25-36(26-18-32)38(34-21-13-30(14-22-34)27-7-3-1-4-8-27)35-23-15-31(16-24-35)28-9-5-2-6-10-28;1-2-6-15(7-3-1)20-16-12-10-14(11-13-16)19-21-17-8-4-5-9-18(17)22-19/h1-26H;1-13,20H. The number of anilines is 5. The Morgan fingerprint density at radius 3 is 1.18 bits per heavy atom. The smallest absolute Gasteiger partial charge is 0.124 e. The Balaban J connectivity index is 0.000000178. The third-order valence-electron chi connectivity index (χ3n) is 10.3. The lowest BCUT2D eigenvalue weighted by Gasteiger charge is -2.26. The van der Waals surface area contributed by atoms with Crippen molar-refractivity contribution in [2.75, 3.05) is 10.2 Å². The van der Waals surface area contributed by atoms with Gasteiger partial charge in [-0.15, -0.1) is 11.3 Å².